The van der Waals surface area contributed by atoms with Gasteiger partial charge >= 0.3 is 0 Å². The first-order valence-electron chi connectivity index (χ1n) is 7.57. The summed E-state index contributed by atoms with van der Waals surface area (Å²) in [7, 11) is 0. The average molecular weight is 310 g/mol. The summed E-state index contributed by atoms with van der Waals surface area (Å²) >= 11 is 6.38. The highest BCUT2D eigenvalue weighted by molar-refractivity contribution is 6.31. The molecule has 0 spiro atoms. The van der Waals surface area contributed by atoms with Crippen molar-refractivity contribution in [3.8, 4) is 0 Å². The van der Waals surface area contributed by atoms with Crippen molar-refractivity contribution in [3.63, 3.8) is 0 Å². The molecule has 0 unspecified atom stereocenters. The van der Waals surface area contributed by atoms with Gasteiger partial charge in [-0.1, -0.05) is 31.5 Å². The Morgan fingerprint density at radius 2 is 2.19 bits per heavy atom. The Morgan fingerprint density at radius 1 is 1.38 bits per heavy atom. The Kier molecular flexibility index (Phi) is 5.88. The van der Waals surface area contributed by atoms with Crippen LogP contribution in [-0.4, -0.2) is 32.1 Å². The molecular formula is C16H24ClN3O. The zero-order valence-electron chi connectivity index (χ0n) is 12.8. The fourth-order valence-corrected chi connectivity index (χ4v) is 2.64. The van der Waals surface area contributed by atoms with Gasteiger partial charge in [-0.25, -0.2) is 0 Å². The molecule has 5 heteroatoms. The number of nitrogens with zero attached hydrogens (tertiary/aromatic N) is 1. The topological polar surface area (TPSA) is 44.4 Å². The molecule has 0 radical (unpaired) electrons. The molecule has 4 nitrogen and oxygen atoms in total. The van der Waals surface area contributed by atoms with Gasteiger partial charge in [-0.05, 0) is 30.2 Å². The summed E-state index contributed by atoms with van der Waals surface area (Å²) in [4.78, 5) is 13.6. The van der Waals surface area contributed by atoms with Crippen molar-refractivity contribution in [3.05, 3.63) is 28.8 Å². The van der Waals surface area contributed by atoms with E-state index in [4.69, 9.17) is 11.6 Å². The second-order valence-electron chi connectivity index (χ2n) is 5.89. The van der Waals surface area contributed by atoms with Gasteiger partial charge < -0.3 is 15.5 Å². The molecule has 1 saturated heterocycles. The average Bonchev–Trinajstić information content (AvgIpc) is 2.65. The van der Waals surface area contributed by atoms with Crippen LogP contribution < -0.4 is 15.5 Å². The highest BCUT2D eigenvalue weighted by atomic mass is 35.5. The predicted octanol–water partition coefficient (Wildman–Crippen LogP) is 2.41. The van der Waals surface area contributed by atoms with Gasteiger partial charge in [0.2, 0.25) is 5.91 Å². The van der Waals surface area contributed by atoms with Gasteiger partial charge in [0.25, 0.3) is 0 Å². The molecule has 0 aromatic heterocycles. The highest BCUT2D eigenvalue weighted by Gasteiger charge is 2.14. The molecule has 0 bridgehead atoms. The van der Waals surface area contributed by atoms with Gasteiger partial charge in [0.05, 0.1) is 0 Å². The van der Waals surface area contributed by atoms with E-state index in [0.717, 1.165) is 42.5 Å². The SMILES string of the molecule is CC(C)CNCc1ccc(N2CCNC(=O)CC2)cc1Cl. The minimum Gasteiger partial charge on any atom is -0.369 e. The van der Waals surface area contributed by atoms with Gasteiger partial charge in [0, 0.05) is 43.3 Å². The van der Waals surface area contributed by atoms with E-state index >= 15 is 0 Å². The molecule has 1 heterocycles. The first-order valence-corrected chi connectivity index (χ1v) is 7.95. The third-order valence-electron chi connectivity index (χ3n) is 3.58. The van der Waals surface area contributed by atoms with E-state index in [1.54, 1.807) is 0 Å². The number of nitrogens with one attached hydrogen (secondary N) is 2. The molecule has 0 atom stereocenters. The van der Waals surface area contributed by atoms with E-state index in [-0.39, 0.29) is 5.91 Å². The van der Waals surface area contributed by atoms with E-state index in [1.807, 2.05) is 6.07 Å². The highest BCUT2D eigenvalue weighted by Crippen LogP contribution is 2.24. The molecule has 1 fully saturated rings. The maximum absolute atomic E-state index is 11.4. The number of hydrogen-bond donors (Lipinski definition) is 2. The number of benzene rings is 1. The van der Waals surface area contributed by atoms with Gasteiger partial charge in [-0.2, -0.15) is 0 Å². The summed E-state index contributed by atoms with van der Waals surface area (Å²) in [5.74, 6) is 0.753. The number of hydrogen-bond acceptors (Lipinski definition) is 3. The largest absolute Gasteiger partial charge is 0.369 e. The van der Waals surface area contributed by atoms with Crippen molar-refractivity contribution in [1.29, 1.82) is 0 Å². The third-order valence-corrected chi connectivity index (χ3v) is 3.93. The maximum Gasteiger partial charge on any atom is 0.221 e. The van der Waals surface area contributed by atoms with Crippen LogP contribution in [0.15, 0.2) is 18.2 Å². The van der Waals surface area contributed by atoms with Crippen molar-refractivity contribution in [1.82, 2.24) is 10.6 Å². The van der Waals surface area contributed by atoms with Crippen molar-refractivity contribution >= 4 is 23.2 Å². The number of anilines is 1. The lowest BCUT2D eigenvalue weighted by molar-refractivity contribution is -0.120. The van der Waals surface area contributed by atoms with Gasteiger partial charge in [-0.15, -0.1) is 0 Å². The fourth-order valence-electron chi connectivity index (χ4n) is 2.40. The first kappa shape index (κ1) is 16.1. The quantitative estimate of drug-likeness (QED) is 0.878. The van der Waals surface area contributed by atoms with E-state index in [0.29, 0.717) is 18.9 Å². The molecule has 0 saturated carbocycles. The van der Waals surface area contributed by atoms with Crippen LogP contribution in [0.25, 0.3) is 0 Å². The molecular weight excluding hydrogens is 286 g/mol. The summed E-state index contributed by atoms with van der Waals surface area (Å²) in [5.41, 5.74) is 2.20. The Labute approximate surface area is 131 Å². The van der Waals surface area contributed by atoms with E-state index in [1.165, 1.54) is 0 Å². The summed E-state index contributed by atoms with van der Waals surface area (Å²) in [5, 5.41) is 7.07. The van der Waals surface area contributed by atoms with Crippen molar-refractivity contribution in [2.24, 2.45) is 5.92 Å². The number of rotatable bonds is 5. The summed E-state index contributed by atoms with van der Waals surface area (Å²) in [6, 6.07) is 6.17. The lowest BCUT2D eigenvalue weighted by Gasteiger charge is -2.22. The molecule has 1 aromatic rings. The van der Waals surface area contributed by atoms with Crippen LogP contribution in [0.2, 0.25) is 5.02 Å². The molecule has 21 heavy (non-hydrogen) atoms. The zero-order valence-corrected chi connectivity index (χ0v) is 13.5. The van der Waals surface area contributed by atoms with Crippen LogP contribution >= 0.6 is 11.6 Å². The van der Waals surface area contributed by atoms with Crippen molar-refractivity contribution < 1.29 is 4.79 Å². The summed E-state index contributed by atoms with van der Waals surface area (Å²) in [6.07, 6.45) is 0.537. The lowest BCUT2D eigenvalue weighted by Crippen LogP contribution is -2.28. The summed E-state index contributed by atoms with van der Waals surface area (Å²) < 4.78 is 0. The fraction of sp³-hybridized carbons (Fsp3) is 0.562. The lowest BCUT2D eigenvalue weighted by atomic mass is 10.1. The van der Waals surface area contributed by atoms with Crippen LogP contribution in [0, 0.1) is 5.92 Å². The van der Waals surface area contributed by atoms with Gasteiger partial charge in [-0.3, -0.25) is 4.79 Å². The number of amides is 1. The number of halogens is 1. The van der Waals surface area contributed by atoms with Crippen molar-refractivity contribution in [2.45, 2.75) is 26.8 Å². The van der Waals surface area contributed by atoms with E-state index in [2.05, 4.69) is 41.5 Å². The van der Waals surface area contributed by atoms with Crippen LogP contribution in [0.3, 0.4) is 0 Å². The molecule has 1 amide bonds. The van der Waals surface area contributed by atoms with Gasteiger partial charge in [0.15, 0.2) is 0 Å². The summed E-state index contributed by atoms with van der Waals surface area (Å²) in [6.45, 7) is 8.41. The zero-order chi connectivity index (χ0) is 15.2. The Morgan fingerprint density at radius 3 is 2.90 bits per heavy atom. The van der Waals surface area contributed by atoms with E-state index < -0.39 is 0 Å². The normalized spacial score (nSPS) is 16.0. The molecule has 2 N–H and O–H groups in total. The van der Waals surface area contributed by atoms with E-state index in [9.17, 15) is 4.79 Å². The van der Waals surface area contributed by atoms with Crippen LogP contribution in [0.5, 0.6) is 0 Å². The Hall–Kier alpha value is -1.26. The second kappa shape index (κ2) is 7.66. The van der Waals surface area contributed by atoms with Crippen LogP contribution in [-0.2, 0) is 11.3 Å². The number of carbonyl (C=O) groups excluding carboxylic acids is 1. The maximum atomic E-state index is 11.4. The number of carbonyl (C=O) groups is 1. The molecule has 0 aliphatic carbocycles. The van der Waals surface area contributed by atoms with Crippen molar-refractivity contribution in [2.75, 3.05) is 31.1 Å². The second-order valence-corrected chi connectivity index (χ2v) is 6.29. The monoisotopic (exact) mass is 309 g/mol. The predicted molar refractivity (Wildman–Crippen MR) is 87.8 cm³/mol. The Bertz CT molecular complexity index is 490. The molecule has 2 rings (SSSR count). The molecule has 1 aromatic carbocycles. The molecule has 1 aliphatic heterocycles. The smallest absolute Gasteiger partial charge is 0.221 e. The third kappa shape index (κ3) is 4.90. The minimum atomic E-state index is 0.123. The van der Waals surface area contributed by atoms with Crippen LogP contribution in [0.4, 0.5) is 5.69 Å². The first-order chi connectivity index (χ1) is 10.1. The molecule has 116 valence electrons. The van der Waals surface area contributed by atoms with Gasteiger partial charge in [0.1, 0.15) is 0 Å². The minimum absolute atomic E-state index is 0.123. The Balaban J connectivity index is 1.99. The molecule has 1 aliphatic rings. The van der Waals surface area contributed by atoms with Crippen LogP contribution in [0.1, 0.15) is 25.8 Å². The standard InChI is InChI=1S/C16H24ClN3O/c1-12(2)10-18-11-13-3-4-14(9-15(13)17)20-7-5-16(21)19-6-8-20/h3-4,9,12,18H,5-8,10-11H2,1-2H3,(H,19,21).